The molecule has 0 unspecified atom stereocenters. The van der Waals surface area contributed by atoms with Crippen LogP contribution < -0.4 is 11.1 Å². The van der Waals surface area contributed by atoms with E-state index in [0.29, 0.717) is 25.1 Å². The summed E-state index contributed by atoms with van der Waals surface area (Å²) in [5.74, 6) is -0.0283. The van der Waals surface area contributed by atoms with E-state index < -0.39 is 6.10 Å². The molecule has 2 aliphatic rings. The van der Waals surface area contributed by atoms with Crippen LogP contribution in [-0.4, -0.2) is 73.6 Å². The van der Waals surface area contributed by atoms with Gasteiger partial charge in [0.05, 0.1) is 6.10 Å². The monoisotopic (exact) mass is 360 g/mol. The minimum absolute atomic E-state index is 0.00868. The van der Waals surface area contributed by atoms with Gasteiger partial charge in [-0.25, -0.2) is 0 Å². The number of ether oxygens (including phenoxy) is 1. The van der Waals surface area contributed by atoms with Crippen LogP contribution in [0.15, 0.2) is 24.3 Å². The maximum atomic E-state index is 12.5. The summed E-state index contributed by atoms with van der Waals surface area (Å²) in [5.41, 5.74) is 7.22. The lowest BCUT2D eigenvalue weighted by atomic mass is 10.1. The number of nitrogens with zero attached hydrogens (tertiary/aromatic N) is 2. The van der Waals surface area contributed by atoms with Crippen molar-refractivity contribution in [3.63, 3.8) is 0 Å². The predicted octanol–water partition coefficient (Wildman–Crippen LogP) is 0.197. The molecule has 2 fully saturated rings. The van der Waals surface area contributed by atoms with Gasteiger partial charge in [0.1, 0.15) is 6.10 Å². The molecule has 2 aliphatic heterocycles. The molecule has 26 heavy (non-hydrogen) atoms. The van der Waals surface area contributed by atoms with Crippen LogP contribution >= 0.6 is 0 Å². The summed E-state index contributed by atoms with van der Waals surface area (Å²) < 4.78 is 5.60. The molecule has 2 heterocycles. The summed E-state index contributed by atoms with van der Waals surface area (Å²) in [6.45, 7) is 4.21. The fourth-order valence-corrected chi connectivity index (χ4v) is 3.33. The largest absolute Gasteiger partial charge is 0.364 e. The Kier molecular flexibility index (Phi) is 6.24. The Labute approximate surface area is 154 Å². The number of amides is 2. The first-order valence-corrected chi connectivity index (χ1v) is 9.27. The van der Waals surface area contributed by atoms with Crippen molar-refractivity contribution in [2.45, 2.75) is 31.6 Å². The van der Waals surface area contributed by atoms with E-state index in [0.717, 1.165) is 38.2 Å². The number of rotatable bonds is 5. The van der Waals surface area contributed by atoms with Gasteiger partial charge in [0.2, 0.25) is 5.91 Å². The number of nitrogens with two attached hydrogens (primary N) is 1. The molecular weight excluding hydrogens is 332 g/mol. The fourth-order valence-electron chi connectivity index (χ4n) is 3.33. The average molecular weight is 360 g/mol. The topological polar surface area (TPSA) is 87.9 Å². The number of piperazine rings is 1. The number of nitrogens with one attached hydrogen (secondary N) is 1. The number of likely N-dealkylation sites (N-methyl/N-ethyl adjacent to an activating group) is 1. The van der Waals surface area contributed by atoms with Crippen molar-refractivity contribution in [3.05, 3.63) is 35.4 Å². The average Bonchev–Trinajstić information content (AvgIpc) is 3.16. The highest BCUT2D eigenvalue weighted by Crippen LogP contribution is 2.19. The zero-order chi connectivity index (χ0) is 18.5. The summed E-state index contributed by atoms with van der Waals surface area (Å²) in [6, 6.07) is 7.45. The summed E-state index contributed by atoms with van der Waals surface area (Å²) in [6.07, 6.45) is 1.14. The second-order valence-electron chi connectivity index (χ2n) is 7.07. The van der Waals surface area contributed by atoms with Crippen LogP contribution in [0.2, 0.25) is 0 Å². The lowest BCUT2D eigenvalue weighted by Gasteiger charge is -2.32. The maximum Gasteiger partial charge on any atom is 0.253 e. The fraction of sp³-hybridized carbons (Fsp3) is 0.579. The molecule has 1 aromatic carbocycles. The minimum Gasteiger partial charge on any atom is -0.364 e. The minimum atomic E-state index is -0.401. The molecule has 0 radical (unpaired) electrons. The molecule has 0 bridgehead atoms. The third kappa shape index (κ3) is 4.60. The van der Waals surface area contributed by atoms with E-state index in [1.807, 2.05) is 29.2 Å². The Morgan fingerprint density at radius 2 is 1.85 bits per heavy atom. The highest BCUT2D eigenvalue weighted by atomic mass is 16.5. The van der Waals surface area contributed by atoms with Crippen LogP contribution in [0, 0.1) is 0 Å². The van der Waals surface area contributed by atoms with Crippen LogP contribution in [0.25, 0.3) is 0 Å². The van der Waals surface area contributed by atoms with E-state index in [2.05, 4.69) is 17.3 Å². The number of carbonyl (C=O) groups is 2. The Morgan fingerprint density at radius 3 is 2.46 bits per heavy atom. The van der Waals surface area contributed by atoms with Crippen molar-refractivity contribution in [3.8, 4) is 0 Å². The van der Waals surface area contributed by atoms with Gasteiger partial charge in [-0.1, -0.05) is 12.1 Å². The van der Waals surface area contributed by atoms with Crippen molar-refractivity contribution < 1.29 is 14.3 Å². The van der Waals surface area contributed by atoms with Gasteiger partial charge in [-0.2, -0.15) is 0 Å². The van der Waals surface area contributed by atoms with E-state index in [1.165, 1.54) is 0 Å². The van der Waals surface area contributed by atoms with Crippen molar-refractivity contribution in [1.82, 2.24) is 15.1 Å². The first-order valence-electron chi connectivity index (χ1n) is 9.27. The zero-order valence-corrected chi connectivity index (χ0v) is 15.3. The quantitative estimate of drug-likeness (QED) is 0.783. The molecular formula is C19H28N4O3. The first kappa shape index (κ1) is 18.8. The molecule has 2 amide bonds. The molecule has 0 aromatic heterocycles. The Bertz CT molecular complexity index is 626. The highest BCUT2D eigenvalue weighted by Gasteiger charge is 2.29. The van der Waals surface area contributed by atoms with Crippen LogP contribution in [0.4, 0.5) is 0 Å². The van der Waals surface area contributed by atoms with Crippen LogP contribution in [0.5, 0.6) is 0 Å². The van der Waals surface area contributed by atoms with E-state index in [4.69, 9.17) is 10.5 Å². The molecule has 0 aliphatic carbocycles. The van der Waals surface area contributed by atoms with Gasteiger partial charge in [-0.05, 0) is 37.6 Å². The smallest absolute Gasteiger partial charge is 0.253 e. The van der Waals surface area contributed by atoms with Crippen LogP contribution in [0.1, 0.15) is 28.8 Å². The van der Waals surface area contributed by atoms with Crippen molar-refractivity contribution >= 4 is 11.8 Å². The number of benzene rings is 1. The Morgan fingerprint density at radius 1 is 1.15 bits per heavy atom. The lowest BCUT2D eigenvalue weighted by Crippen LogP contribution is -2.47. The molecule has 7 heteroatoms. The number of hydrogen-bond acceptors (Lipinski definition) is 5. The normalized spacial score (nSPS) is 23.8. The second kappa shape index (κ2) is 8.62. The summed E-state index contributed by atoms with van der Waals surface area (Å²) in [4.78, 5) is 28.8. The van der Waals surface area contributed by atoms with Crippen molar-refractivity contribution in [2.24, 2.45) is 5.73 Å². The number of hydrogen-bond donors (Lipinski definition) is 2. The summed E-state index contributed by atoms with van der Waals surface area (Å²) >= 11 is 0. The summed E-state index contributed by atoms with van der Waals surface area (Å²) in [5, 5.41) is 2.90. The standard InChI is InChI=1S/C19H28N4O3/c1-22-8-10-23(11-9-22)19(25)15-4-2-14(3-5-15)13-21-18(24)17-7-6-16(12-20)26-17/h2-5,16-17H,6-13,20H2,1H3,(H,21,24)/t16-,17+/m1/s1. The molecule has 142 valence electrons. The molecule has 1 aromatic rings. The van der Waals surface area contributed by atoms with Gasteiger partial charge in [-0.15, -0.1) is 0 Å². The van der Waals surface area contributed by atoms with Gasteiger partial charge in [0, 0.05) is 44.8 Å². The number of carbonyl (C=O) groups excluding carboxylic acids is 2. The molecule has 0 saturated carbocycles. The third-order valence-electron chi connectivity index (χ3n) is 5.12. The van der Waals surface area contributed by atoms with E-state index in [9.17, 15) is 9.59 Å². The molecule has 3 N–H and O–H groups in total. The highest BCUT2D eigenvalue weighted by molar-refractivity contribution is 5.94. The van der Waals surface area contributed by atoms with Crippen LogP contribution in [0.3, 0.4) is 0 Å². The second-order valence-corrected chi connectivity index (χ2v) is 7.07. The van der Waals surface area contributed by atoms with E-state index in [1.54, 1.807) is 0 Å². The lowest BCUT2D eigenvalue weighted by molar-refractivity contribution is -0.132. The predicted molar refractivity (Wildman–Crippen MR) is 98.6 cm³/mol. The molecule has 2 atom stereocenters. The van der Waals surface area contributed by atoms with Gasteiger partial charge >= 0.3 is 0 Å². The van der Waals surface area contributed by atoms with Gasteiger partial charge in [-0.3, -0.25) is 9.59 Å². The first-order chi connectivity index (χ1) is 12.6. The van der Waals surface area contributed by atoms with Gasteiger partial charge in [0.25, 0.3) is 5.91 Å². The van der Waals surface area contributed by atoms with Gasteiger partial charge in [0.15, 0.2) is 0 Å². The van der Waals surface area contributed by atoms with Crippen molar-refractivity contribution in [2.75, 3.05) is 39.8 Å². The van der Waals surface area contributed by atoms with Crippen molar-refractivity contribution in [1.29, 1.82) is 0 Å². The molecule has 7 nitrogen and oxygen atoms in total. The maximum absolute atomic E-state index is 12.5. The molecule has 2 saturated heterocycles. The Balaban J connectivity index is 1.48. The third-order valence-corrected chi connectivity index (χ3v) is 5.12. The van der Waals surface area contributed by atoms with Gasteiger partial charge < -0.3 is 25.6 Å². The zero-order valence-electron chi connectivity index (χ0n) is 15.3. The van der Waals surface area contributed by atoms with Crippen LogP contribution in [-0.2, 0) is 16.1 Å². The molecule has 0 spiro atoms. The van der Waals surface area contributed by atoms with E-state index in [-0.39, 0.29) is 17.9 Å². The van der Waals surface area contributed by atoms with E-state index >= 15 is 0 Å². The summed E-state index contributed by atoms with van der Waals surface area (Å²) in [7, 11) is 2.07. The Hall–Kier alpha value is -1.96. The molecule has 3 rings (SSSR count). The SMILES string of the molecule is CN1CCN(C(=O)c2ccc(CNC(=O)[C@@H]3CC[C@H](CN)O3)cc2)CC1.